The highest BCUT2D eigenvalue weighted by Crippen LogP contribution is 2.33. The molecule has 1 aliphatic heterocycles. The van der Waals surface area contributed by atoms with Gasteiger partial charge in [-0.25, -0.2) is 8.42 Å². The standard InChI is InChI=1S/C16H24N2O4S/c1-21-16-7-6-13(18-8-10-22-11-9-18)12-15(16)17-23(19,20)14-4-2-3-5-14/h6-7,12,14,17H,2-5,8-11H2,1H3. The molecule has 0 aromatic heterocycles. The van der Waals surface area contributed by atoms with Crippen LogP contribution in [0.2, 0.25) is 0 Å². The number of sulfonamides is 1. The maximum atomic E-state index is 12.6. The van der Waals surface area contributed by atoms with Gasteiger partial charge >= 0.3 is 0 Å². The highest BCUT2D eigenvalue weighted by molar-refractivity contribution is 7.93. The molecule has 0 spiro atoms. The van der Waals surface area contributed by atoms with E-state index in [1.165, 1.54) is 0 Å². The molecular formula is C16H24N2O4S. The van der Waals surface area contributed by atoms with Crippen molar-refractivity contribution < 1.29 is 17.9 Å². The van der Waals surface area contributed by atoms with E-state index in [-0.39, 0.29) is 5.25 Å². The van der Waals surface area contributed by atoms with E-state index in [9.17, 15) is 8.42 Å². The summed E-state index contributed by atoms with van der Waals surface area (Å²) in [4.78, 5) is 2.19. The molecule has 1 saturated carbocycles. The van der Waals surface area contributed by atoms with Crippen molar-refractivity contribution in [3.05, 3.63) is 18.2 Å². The van der Waals surface area contributed by atoms with E-state index in [0.29, 0.717) is 24.7 Å². The Hall–Kier alpha value is -1.47. The SMILES string of the molecule is COc1ccc(N2CCOCC2)cc1NS(=O)(=O)C1CCCC1. The summed E-state index contributed by atoms with van der Waals surface area (Å²) in [5.74, 6) is 0.545. The van der Waals surface area contributed by atoms with Crippen molar-refractivity contribution in [1.29, 1.82) is 0 Å². The molecule has 1 aromatic rings. The number of benzene rings is 1. The molecule has 0 unspecified atom stereocenters. The van der Waals surface area contributed by atoms with E-state index in [2.05, 4.69) is 9.62 Å². The molecule has 2 fully saturated rings. The average molecular weight is 340 g/mol. The monoisotopic (exact) mass is 340 g/mol. The third kappa shape index (κ3) is 3.72. The van der Waals surface area contributed by atoms with Crippen LogP contribution < -0.4 is 14.4 Å². The van der Waals surface area contributed by atoms with Crippen LogP contribution in [0.3, 0.4) is 0 Å². The molecule has 0 atom stereocenters. The second-order valence-electron chi connectivity index (χ2n) is 6.04. The highest BCUT2D eigenvalue weighted by Gasteiger charge is 2.29. The van der Waals surface area contributed by atoms with Crippen molar-refractivity contribution in [3.8, 4) is 5.75 Å². The second-order valence-corrected chi connectivity index (χ2v) is 8.00. The average Bonchev–Trinajstić information content (AvgIpc) is 3.11. The van der Waals surface area contributed by atoms with Crippen molar-refractivity contribution in [2.24, 2.45) is 0 Å². The van der Waals surface area contributed by atoms with E-state index in [4.69, 9.17) is 9.47 Å². The summed E-state index contributed by atoms with van der Waals surface area (Å²) in [6.45, 7) is 2.99. The van der Waals surface area contributed by atoms with Crippen molar-refractivity contribution in [2.45, 2.75) is 30.9 Å². The minimum absolute atomic E-state index is 0.292. The van der Waals surface area contributed by atoms with Crippen LogP contribution in [0.25, 0.3) is 0 Å². The van der Waals surface area contributed by atoms with Crippen molar-refractivity contribution in [1.82, 2.24) is 0 Å². The Balaban J connectivity index is 1.84. The Morgan fingerprint density at radius 3 is 2.57 bits per heavy atom. The lowest BCUT2D eigenvalue weighted by Crippen LogP contribution is -2.36. The zero-order valence-corrected chi connectivity index (χ0v) is 14.3. The summed E-state index contributed by atoms with van der Waals surface area (Å²) in [5, 5.41) is -0.292. The van der Waals surface area contributed by atoms with E-state index >= 15 is 0 Å². The van der Waals surface area contributed by atoms with Gasteiger partial charge in [-0.15, -0.1) is 0 Å². The lowest BCUT2D eigenvalue weighted by atomic mass is 10.2. The summed E-state index contributed by atoms with van der Waals surface area (Å²) in [6, 6.07) is 5.63. The van der Waals surface area contributed by atoms with Gasteiger partial charge in [-0.3, -0.25) is 4.72 Å². The number of methoxy groups -OCH3 is 1. The fourth-order valence-electron chi connectivity index (χ4n) is 3.23. The molecule has 0 bridgehead atoms. The first-order chi connectivity index (χ1) is 11.1. The van der Waals surface area contributed by atoms with Gasteiger partial charge in [0, 0.05) is 18.8 Å². The predicted octanol–water partition coefficient (Wildman–Crippen LogP) is 2.22. The van der Waals surface area contributed by atoms with Crippen LogP contribution in [0.4, 0.5) is 11.4 Å². The van der Waals surface area contributed by atoms with Gasteiger partial charge in [0.2, 0.25) is 10.0 Å². The molecule has 0 amide bonds. The Labute approximate surface area is 137 Å². The van der Waals surface area contributed by atoms with Gasteiger partial charge in [-0.2, -0.15) is 0 Å². The number of nitrogens with zero attached hydrogens (tertiary/aromatic N) is 1. The number of hydrogen-bond acceptors (Lipinski definition) is 5. The van der Waals surface area contributed by atoms with E-state index < -0.39 is 10.0 Å². The number of nitrogens with one attached hydrogen (secondary N) is 1. The molecule has 6 nitrogen and oxygen atoms in total. The third-order valence-electron chi connectivity index (χ3n) is 4.55. The van der Waals surface area contributed by atoms with Crippen LogP contribution >= 0.6 is 0 Å². The highest BCUT2D eigenvalue weighted by atomic mass is 32.2. The summed E-state index contributed by atoms with van der Waals surface area (Å²) in [6.07, 6.45) is 3.44. The van der Waals surface area contributed by atoms with Crippen molar-refractivity contribution in [2.75, 3.05) is 43.0 Å². The van der Waals surface area contributed by atoms with Crippen LogP contribution in [0.5, 0.6) is 5.75 Å². The summed E-state index contributed by atoms with van der Waals surface area (Å²) < 4.78 is 38.6. The fraction of sp³-hybridized carbons (Fsp3) is 0.625. The van der Waals surface area contributed by atoms with Gasteiger partial charge in [0.1, 0.15) is 5.75 Å². The number of morpholine rings is 1. The molecule has 1 N–H and O–H groups in total. The van der Waals surface area contributed by atoms with Crippen LogP contribution in [0.1, 0.15) is 25.7 Å². The molecular weight excluding hydrogens is 316 g/mol. The summed E-state index contributed by atoms with van der Waals surface area (Å²) in [7, 11) is -1.81. The maximum Gasteiger partial charge on any atom is 0.235 e. The zero-order valence-electron chi connectivity index (χ0n) is 13.5. The predicted molar refractivity (Wildman–Crippen MR) is 90.8 cm³/mol. The van der Waals surface area contributed by atoms with E-state index in [1.54, 1.807) is 7.11 Å². The lowest BCUT2D eigenvalue weighted by Gasteiger charge is -2.29. The number of ether oxygens (including phenoxy) is 2. The Kier molecular flexibility index (Phi) is 4.96. The number of hydrogen-bond donors (Lipinski definition) is 1. The maximum absolute atomic E-state index is 12.6. The number of rotatable bonds is 5. The van der Waals surface area contributed by atoms with Gasteiger partial charge in [-0.05, 0) is 31.0 Å². The van der Waals surface area contributed by atoms with Gasteiger partial charge in [-0.1, -0.05) is 12.8 Å². The summed E-state index contributed by atoms with van der Waals surface area (Å²) >= 11 is 0. The lowest BCUT2D eigenvalue weighted by molar-refractivity contribution is 0.122. The zero-order chi connectivity index (χ0) is 16.3. The van der Waals surface area contributed by atoms with Gasteiger partial charge in [0.25, 0.3) is 0 Å². The Bertz CT molecular complexity index is 635. The van der Waals surface area contributed by atoms with Gasteiger partial charge in [0.05, 0.1) is 31.3 Å². The molecule has 1 heterocycles. The molecule has 3 rings (SSSR count). The quantitative estimate of drug-likeness (QED) is 0.890. The molecule has 0 radical (unpaired) electrons. The topological polar surface area (TPSA) is 67.9 Å². The van der Waals surface area contributed by atoms with Crippen molar-refractivity contribution in [3.63, 3.8) is 0 Å². The Morgan fingerprint density at radius 2 is 1.91 bits per heavy atom. The molecule has 2 aliphatic rings. The largest absolute Gasteiger partial charge is 0.495 e. The molecule has 1 aromatic carbocycles. The number of anilines is 2. The molecule has 7 heteroatoms. The van der Waals surface area contributed by atoms with E-state index in [1.807, 2.05) is 18.2 Å². The molecule has 1 saturated heterocycles. The second kappa shape index (κ2) is 6.97. The van der Waals surface area contributed by atoms with Gasteiger partial charge in [0.15, 0.2) is 0 Å². The first-order valence-corrected chi connectivity index (χ1v) is 9.67. The minimum atomic E-state index is -3.37. The third-order valence-corrected chi connectivity index (χ3v) is 6.41. The summed E-state index contributed by atoms with van der Waals surface area (Å²) in [5.41, 5.74) is 1.50. The fourth-order valence-corrected chi connectivity index (χ4v) is 4.82. The molecule has 23 heavy (non-hydrogen) atoms. The van der Waals surface area contributed by atoms with Crippen LogP contribution in [0, 0.1) is 0 Å². The van der Waals surface area contributed by atoms with Crippen LogP contribution in [-0.2, 0) is 14.8 Å². The minimum Gasteiger partial charge on any atom is -0.495 e. The Morgan fingerprint density at radius 1 is 1.22 bits per heavy atom. The van der Waals surface area contributed by atoms with Gasteiger partial charge < -0.3 is 14.4 Å². The first-order valence-electron chi connectivity index (χ1n) is 8.12. The van der Waals surface area contributed by atoms with Crippen LogP contribution in [0.15, 0.2) is 18.2 Å². The van der Waals surface area contributed by atoms with Crippen LogP contribution in [-0.4, -0.2) is 47.1 Å². The van der Waals surface area contributed by atoms with Crippen molar-refractivity contribution >= 4 is 21.4 Å². The first kappa shape index (κ1) is 16.4. The molecule has 128 valence electrons. The smallest absolute Gasteiger partial charge is 0.235 e. The van der Waals surface area contributed by atoms with E-state index in [0.717, 1.165) is 44.5 Å². The molecule has 1 aliphatic carbocycles. The normalized spacial score (nSPS) is 19.8.